The Morgan fingerprint density at radius 1 is 1.23 bits per heavy atom. The summed E-state index contributed by atoms with van der Waals surface area (Å²) in [6.45, 7) is 0. The standard InChI is InChI=1S/C7H15NO3S.ClH/c1-12(9,10)11-7-4-2-6(8)3-5-7;/h6-7H,2-5,8H2,1H3;1H. The van der Waals surface area contributed by atoms with Crippen molar-refractivity contribution < 1.29 is 12.6 Å². The Morgan fingerprint density at radius 2 is 1.69 bits per heavy atom. The van der Waals surface area contributed by atoms with E-state index in [0.717, 1.165) is 31.9 Å². The second kappa shape index (κ2) is 5.14. The third-order valence-corrected chi connectivity index (χ3v) is 2.65. The largest absolute Gasteiger partial charge is 0.328 e. The molecule has 0 radical (unpaired) electrons. The van der Waals surface area contributed by atoms with Crippen LogP contribution < -0.4 is 5.73 Å². The van der Waals surface area contributed by atoms with Crippen molar-refractivity contribution in [3.05, 3.63) is 0 Å². The second-order valence-electron chi connectivity index (χ2n) is 3.34. The second-order valence-corrected chi connectivity index (χ2v) is 4.94. The molecule has 0 spiro atoms. The molecular formula is C7H16ClNO3S. The van der Waals surface area contributed by atoms with Gasteiger partial charge in [0, 0.05) is 6.04 Å². The van der Waals surface area contributed by atoms with Gasteiger partial charge in [0.25, 0.3) is 10.1 Å². The van der Waals surface area contributed by atoms with Gasteiger partial charge >= 0.3 is 0 Å². The minimum absolute atomic E-state index is 0. The Labute approximate surface area is 85.4 Å². The highest BCUT2D eigenvalue weighted by molar-refractivity contribution is 7.86. The molecule has 0 unspecified atom stereocenters. The molecule has 2 N–H and O–H groups in total. The van der Waals surface area contributed by atoms with Crippen LogP contribution in [-0.4, -0.2) is 26.8 Å². The fraction of sp³-hybridized carbons (Fsp3) is 1.00. The fourth-order valence-electron chi connectivity index (χ4n) is 1.43. The number of nitrogens with two attached hydrogens (primary N) is 1. The van der Waals surface area contributed by atoms with E-state index in [1.54, 1.807) is 0 Å². The molecule has 1 rings (SSSR count). The van der Waals surface area contributed by atoms with Crippen molar-refractivity contribution in [3.63, 3.8) is 0 Å². The summed E-state index contributed by atoms with van der Waals surface area (Å²) in [6.07, 6.45) is 4.18. The van der Waals surface area contributed by atoms with Crippen LogP contribution in [0.4, 0.5) is 0 Å². The minimum atomic E-state index is -3.28. The number of hydrogen-bond donors (Lipinski definition) is 1. The van der Waals surface area contributed by atoms with Crippen molar-refractivity contribution in [2.45, 2.75) is 37.8 Å². The van der Waals surface area contributed by atoms with Crippen molar-refractivity contribution in [2.24, 2.45) is 5.73 Å². The van der Waals surface area contributed by atoms with E-state index in [9.17, 15) is 8.42 Å². The van der Waals surface area contributed by atoms with Crippen LogP contribution in [0.15, 0.2) is 0 Å². The summed E-state index contributed by atoms with van der Waals surface area (Å²) >= 11 is 0. The summed E-state index contributed by atoms with van der Waals surface area (Å²) in [5, 5.41) is 0. The zero-order chi connectivity index (χ0) is 9.19. The molecule has 1 aliphatic carbocycles. The van der Waals surface area contributed by atoms with E-state index in [2.05, 4.69) is 0 Å². The maximum Gasteiger partial charge on any atom is 0.264 e. The van der Waals surface area contributed by atoms with Crippen LogP contribution in [0.25, 0.3) is 0 Å². The number of rotatable bonds is 2. The molecule has 0 heterocycles. The maximum atomic E-state index is 10.7. The van der Waals surface area contributed by atoms with Gasteiger partial charge in [-0.3, -0.25) is 4.18 Å². The van der Waals surface area contributed by atoms with Crippen LogP contribution in [0.2, 0.25) is 0 Å². The number of halogens is 1. The molecule has 4 nitrogen and oxygen atoms in total. The Kier molecular flexibility index (Phi) is 5.21. The summed E-state index contributed by atoms with van der Waals surface area (Å²) in [6, 6.07) is 0.226. The molecule has 6 heteroatoms. The van der Waals surface area contributed by atoms with E-state index in [1.807, 2.05) is 0 Å². The average Bonchev–Trinajstić information content (AvgIpc) is 1.91. The van der Waals surface area contributed by atoms with Gasteiger partial charge in [0.1, 0.15) is 0 Å². The van der Waals surface area contributed by atoms with Crippen LogP contribution in [0.1, 0.15) is 25.7 Å². The zero-order valence-electron chi connectivity index (χ0n) is 7.60. The van der Waals surface area contributed by atoms with Gasteiger partial charge in [-0.1, -0.05) is 0 Å². The van der Waals surface area contributed by atoms with E-state index >= 15 is 0 Å². The zero-order valence-corrected chi connectivity index (χ0v) is 9.23. The first-order chi connectivity index (χ1) is 5.47. The predicted octanol–water partition coefficient (Wildman–Crippen LogP) is 0.654. The summed E-state index contributed by atoms with van der Waals surface area (Å²) in [7, 11) is -3.28. The summed E-state index contributed by atoms with van der Waals surface area (Å²) in [4.78, 5) is 0. The number of hydrogen-bond acceptors (Lipinski definition) is 4. The molecule has 1 fully saturated rings. The van der Waals surface area contributed by atoms with Crippen LogP contribution in [0, 0.1) is 0 Å². The molecule has 13 heavy (non-hydrogen) atoms. The lowest BCUT2D eigenvalue weighted by molar-refractivity contribution is 0.155. The smallest absolute Gasteiger partial charge is 0.264 e. The third-order valence-electron chi connectivity index (χ3n) is 2.03. The first-order valence-electron chi connectivity index (χ1n) is 4.11. The van der Waals surface area contributed by atoms with E-state index in [0.29, 0.717) is 0 Å². The van der Waals surface area contributed by atoms with Gasteiger partial charge in [-0.05, 0) is 25.7 Å². The van der Waals surface area contributed by atoms with Gasteiger partial charge in [0.15, 0.2) is 0 Å². The molecule has 80 valence electrons. The highest BCUT2D eigenvalue weighted by Crippen LogP contribution is 2.20. The monoisotopic (exact) mass is 229 g/mol. The quantitative estimate of drug-likeness (QED) is 0.707. The lowest BCUT2D eigenvalue weighted by Crippen LogP contribution is -2.31. The summed E-state index contributed by atoms with van der Waals surface area (Å²) in [5.74, 6) is 0. The molecular weight excluding hydrogens is 214 g/mol. The Hall–Kier alpha value is 0.160. The van der Waals surface area contributed by atoms with Crippen molar-refractivity contribution in [3.8, 4) is 0 Å². The van der Waals surface area contributed by atoms with Gasteiger partial charge in [-0.15, -0.1) is 12.4 Å². The first-order valence-corrected chi connectivity index (χ1v) is 5.93. The van der Waals surface area contributed by atoms with Gasteiger partial charge in [0.05, 0.1) is 12.4 Å². The van der Waals surface area contributed by atoms with Crippen LogP contribution in [-0.2, 0) is 14.3 Å². The molecule has 0 amide bonds. The average molecular weight is 230 g/mol. The van der Waals surface area contributed by atoms with Crippen molar-refractivity contribution in [1.29, 1.82) is 0 Å². The highest BCUT2D eigenvalue weighted by Gasteiger charge is 2.21. The van der Waals surface area contributed by atoms with Crippen LogP contribution >= 0.6 is 12.4 Å². The minimum Gasteiger partial charge on any atom is -0.328 e. The molecule has 0 atom stereocenters. The van der Waals surface area contributed by atoms with Crippen LogP contribution in [0.3, 0.4) is 0 Å². The lowest BCUT2D eigenvalue weighted by atomic mass is 9.94. The van der Waals surface area contributed by atoms with E-state index in [1.165, 1.54) is 0 Å². The summed E-state index contributed by atoms with van der Waals surface area (Å²) in [5.41, 5.74) is 5.66. The van der Waals surface area contributed by atoms with E-state index in [4.69, 9.17) is 9.92 Å². The molecule has 1 aliphatic rings. The Bertz CT molecular complexity index is 234. The van der Waals surface area contributed by atoms with Crippen LogP contribution in [0.5, 0.6) is 0 Å². The molecule has 0 saturated heterocycles. The predicted molar refractivity (Wildman–Crippen MR) is 53.4 cm³/mol. The van der Waals surface area contributed by atoms with Crippen molar-refractivity contribution in [1.82, 2.24) is 0 Å². The normalized spacial score (nSPS) is 29.4. The molecule has 1 saturated carbocycles. The maximum absolute atomic E-state index is 10.7. The van der Waals surface area contributed by atoms with Gasteiger partial charge in [-0.25, -0.2) is 0 Å². The Morgan fingerprint density at radius 3 is 2.08 bits per heavy atom. The van der Waals surface area contributed by atoms with Crippen molar-refractivity contribution >= 4 is 22.5 Å². The molecule has 0 aromatic rings. The SMILES string of the molecule is CS(=O)(=O)OC1CCC(N)CC1.Cl. The van der Waals surface area contributed by atoms with E-state index < -0.39 is 10.1 Å². The lowest BCUT2D eigenvalue weighted by Gasteiger charge is -2.24. The topological polar surface area (TPSA) is 69.4 Å². The van der Waals surface area contributed by atoms with Gasteiger partial charge < -0.3 is 5.73 Å². The molecule has 0 bridgehead atoms. The highest BCUT2D eigenvalue weighted by atomic mass is 35.5. The Balaban J connectivity index is 0.00000144. The van der Waals surface area contributed by atoms with E-state index in [-0.39, 0.29) is 24.6 Å². The summed E-state index contributed by atoms with van der Waals surface area (Å²) < 4.78 is 26.3. The molecule has 0 aliphatic heterocycles. The van der Waals surface area contributed by atoms with Gasteiger partial charge in [0.2, 0.25) is 0 Å². The first kappa shape index (κ1) is 13.2. The van der Waals surface area contributed by atoms with Gasteiger partial charge in [-0.2, -0.15) is 8.42 Å². The molecule has 0 aromatic carbocycles. The fourth-order valence-corrected chi connectivity index (χ4v) is 2.12. The molecule has 0 aromatic heterocycles. The third kappa shape index (κ3) is 5.46. The van der Waals surface area contributed by atoms with Crippen molar-refractivity contribution in [2.75, 3.05) is 6.26 Å².